The fraction of sp³-hybridized carbons (Fsp3) is 0.182. The molecule has 0 unspecified atom stereocenters. The second kappa shape index (κ2) is 4.84. The monoisotopic (exact) mass is 225 g/mol. The van der Waals surface area contributed by atoms with Gasteiger partial charge in [0.2, 0.25) is 0 Å². The molecule has 0 aliphatic carbocycles. The van der Waals surface area contributed by atoms with Crippen molar-refractivity contribution < 1.29 is 9.53 Å². The molecule has 0 fully saturated rings. The Balaban J connectivity index is 3.08. The van der Waals surface area contributed by atoms with E-state index in [1.807, 2.05) is 19.1 Å². The van der Waals surface area contributed by atoms with Crippen LogP contribution in [0.25, 0.3) is 6.08 Å². The maximum atomic E-state index is 11.1. The first-order valence-electron chi connectivity index (χ1n) is 4.37. The van der Waals surface area contributed by atoms with Gasteiger partial charge in [0.05, 0.1) is 12.1 Å². The molecule has 0 saturated heterocycles. The number of esters is 1. The molecule has 0 amide bonds. The summed E-state index contributed by atoms with van der Waals surface area (Å²) in [7, 11) is 1.28. The van der Waals surface area contributed by atoms with Crippen LogP contribution in [-0.4, -0.2) is 13.1 Å². The summed E-state index contributed by atoms with van der Waals surface area (Å²) in [5, 5.41) is 0.587. The predicted octanol–water partition coefficient (Wildman–Crippen LogP) is 2.12. The molecule has 1 rings (SSSR count). The highest BCUT2D eigenvalue weighted by Crippen LogP contribution is 2.21. The molecule has 3 nitrogen and oxygen atoms in total. The van der Waals surface area contributed by atoms with Crippen molar-refractivity contribution in [2.75, 3.05) is 7.11 Å². The van der Waals surface area contributed by atoms with Gasteiger partial charge in [-0.05, 0) is 24.1 Å². The summed E-state index contributed by atoms with van der Waals surface area (Å²) in [5.41, 5.74) is 7.18. The van der Waals surface area contributed by atoms with Crippen molar-refractivity contribution in [3.05, 3.63) is 40.0 Å². The Morgan fingerprint density at radius 2 is 2.20 bits per heavy atom. The van der Waals surface area contributed by atoms with Crippen LogP contribution in [0.5, 0.6) is 0 Å². The number of benzene rings is 1. The Bertz CT molecular complexity index is 413. The number of rotatable bonds is 2. The molecule has 0 radical (unpaired) electrons. The molecule has 0 spiro atoms. The quantitative estimate of drug-likeness (QED) is 0.620. The first-order chi connectivity index (χ1) is 7.06. The van der Waals surface area contributed by atoms with Gasteiger partial charge < -0.3 is 10.5 Å². The number of methoxy groups -OCH3 is 1. The summed E-state index contributed by atoms with van der Waals surface area (Å²) in [6.45, 7) is 1.88. The smallest absolute Gasteiger partial charge is 0.353 e. The van der Waals surface area contributed by atoms with Crippen LogP contribution in [0.3, 0.4) is 0 Å². The summed E-state index contributed by atoms with van der Waals surface area (Å²) in [4.78, 5) is 11.1. The van der Waals surface area contributed by atoms with Crippen LogP contribution in [0.4, 0.5) is 0 Å². The summed E-state index contributed by atoms with van der Waals surface area (Å²) in [5.74, 6) is -0.562. The highest BCUT2D eigenvalue weighted by molar-refractivity contribution is 6.32. The topological polar surface area (TPSA) is 52.3 Å². The third kappa shape index (κ3) is 2.73. The van der Waals surface area contributed by atoms with Gasteiger partial charge in [0, 0.05) is 0 Å². The van der Waals surface area contributed by atoms with E-state index in [1.165, 1.54) is 13.2 Å². The van der Waals surface area contributed by atoms with Crippen LogP contribution < -0.4 is 5.73 Å². The molecule has 0 atom stereocenters. The largest absolute Gasteiger partial charge is 0.464 e. The van der Waals surface area contributed by atoms with Crippen molar-refractivity contribution in [3.8, 4) is 0 Å². The lowest BCUT2D eigenvalue weighted by Crippen LogP contribution is -2.12. The zero-order chi connectivity index (χ0) is 11.4. The standard InChI is InChI=1S/C11H12ClNO2/c1-7-4-3-5-8(10(7)12)6-9(13)11(14)15-2/h3-6H,13H2,1-2H3/b9-6-. The molecule has 0 aliphatic heterocycles. The van der Waals surface area contributed by atoms with Crippen molar-refractivity contribution in [2.24, 2.45) is 5.73 Å². The Morgan fingerprint density at radius 1 is 1.53 bits per heavy atom. The van der Waals surface area contributed by atoms with E-state index in [1.54, 1.807) is 6.07 Å². The van der Waals surface area contributed by atoms with Gasteiger partial charge in [0.1, 0.15) is 5.70 Å². The predicted molar refractivity (Wildman–Crippen MR) is 60.4 cm³/mol. The van der Waals surface area contributed by atoms with Crippen LogP contribution >= 0.6 is 11.6 Å². The molecule has 1 aromatic rings. The third-order valence-electron chi connectivity index (χ3n) is 1.95. The normalized spacial score (nSPS) is 11.3. The van der Waals surface area contributed by atoms with Crippen LogP contribution in [0.1, 0.15) is 11.1 Å². The Labute approximate surface area is 93.5 Å². The molecular formula is C11H12ClNO2. The molecule has 0 aliphatic rings. The molecule has 0 saturated carbocycles. The molecule has 1 aromatic carbocycles. The number of carbonyl (C=O) groups excluding carboxylic acids is 1. The van der Waals surface area contributed by atoms with Crippen LogP contribution in [-0.2, 0) is 9.53 Å². The van der Waals surface area contributed by atoms with Gasteiger partial charge in [-0.1, -0.05) is 29.8 Å². The van der Waals surface area contributed by atoms with Crippen molar-refractivity contribution in [3.63, 3.8) is 0 Å². The molecule has 2 N–H and O–H groups in total. The highest BCUT2D eigenvalue weighted by atomic mass is 35.5. The SMILES string of the molecule is COC(=O)/C(N)=C/c1cccc(C)c1Cl. The van der Waals surface area contributed by atoms with Gasteiger partial charge in [-0.3, -0.25) is 0 Å². The minimum absolute atomic E-state index is 0.0324. The van der Waals surface area contributed by atoms with Crippen molar-refractivity contribution in [1.82, 2.24) is 0 Å². The van der Waals surface area contributed by atoms with E-state index >= 15 is 0 Å². The number of aryl methyl sites for hydroxylation is 1. The number of carbonyl (C=O) groups is 1. The van der Waals surface area contributed by atoms with Crippen molar-refractivity contribution in [2.45, 2.75) is 6.92 Å². The van der Waals surface area contributed by atoms with E-state index in [9.17, 15) is 4.79 Å². The zero-order valence-electron chi connectivity index (χ0n) is 8.58. The summed E-state index contributed by atoms with van der Waals surface area (Å²) < 4.78 is 4.48. The van der Waals surface area contributed by atoms with Crippen molar-refractivity contribution >= 4 is 23.6 Å². The lowest BCUT2D eigenvalue weighted by atomic mass is 10.1. The number of hydrogen-bond acceptors (Lipinski definition) is 3. The summed E-state index contributed by atoms with van der Waals surface area (Å²) >= 11 is 6.03. The number of halogens is 1. The van der Waals surface area contributed by atoms with Gasteiger partial charge >= 0.3 is 5.97 Å². The fourth-order valence-corrected chi connectivity index (χ4v) is 1.31. The van der Waals surface area contributed by atoms with E-state index in [0.717, 1.165) is 5.56 Å². The van der Waals surface area contributed by atoms with Crippen LogP contribution in [0.15, 0.2) is 23.9 Å². The molecule has 4 heteroatoms. The first-order valence-corrected chi connectivity index (χ1v) is 4.74. The average molecular weight is 226 g/mol. The minimum atomic E-state index is -0.562. The average Bonchev–Trinajstić information content (AvgIpc) is 2.23. The first kappa shape index (κ1) is 11.6. The molecule has 0 aromatic heterocycles. The summed E-state index contributed by atoms with van der Waals surface area (Å²) in [6.07, 6.45) is 1.50. The number of nitrogens with two attached hydrogens (primary N) is 1. The van der Waals surface area contributed by atoms with Gasteiger partial charge in [-0.25, -0.2) is 4.79 Å². The van der Waals surface area contributed by atoms with Crippen LogP contribution in [0.2, 0.25) is 5.02 Å². The second-order valence-corrected chi connectivity index (χ2v) is 3.45. The number of hydrogen-bond donors (Lipinski definition) is 1. The van der Waals surface area contributed by atoms with E-state index < -0.39 is 5.97 Å². The Kier molecular flexibility index (Phi) is 3.74. The lowest BCUT2D eigenvalue weighted by molar-refractivity contribution is -0.136. The zero-order valence-corrected chi connectivity index (χ0v) is 9.34. The maximum absolute atomic E-state index is 11.1. The van der Waals surface area contributed by atoms with E-state index in [-0.39, 0.29) is 5.70 Å². The third-order valence-corrected chi connectivity index (χ3v) is 2.47. The maximum Gasteiger partial charge on any atom is 0.353 e. The molecule has 0 heterocycles. The minimum Gasteiger partial charge on any atom is -0.464 e. The van der Waals surface area contributed by atoms with E-state index in [0.29, 0.717) is 10.6 Å². The highest BCUT2D eigenvalue weighted by Gasteiger charge is 2.06. The van der Waals surface area contributed by atoms with Gasteiger partial charge in [-0.2, -0.15) is 0 Å². The Hall–Kier alpha value is -1.48. The van der Waals surface area contributed by atoms with E-state index in [4.69, 9.17) is 17.3 Å². The van der Waals surface area contributed by atoms with E-state index in [2.05, 4.69) is 4.74 Å². The second-order valence-electron chi connectivity index (χ2n) is 3.07. The molecule has 15 heavy (non-hydrogen) atoms. The Morgan fingerprint density at radius 3 is 2.80 bits per heavy atom. The fourth-order valence-electron chi connectivity index (χ4n) is 1.13. The summed E-state index contributed by atoms with van der Waals surface area (Å²) in [6, 6.07) is 5.51. The molecule has 0 bridgehead atoms. The van der Waals surface area contributed by atoms with Gasteiger partial charge in [0.15, 0.2) is 0 Å². The van der Waals surface area contributed by atoms with Crippen LogP contribution in [0, 0.1) is 6.92 Å². The van der Waals surface area contributed by atoms with Crippen molar-refractivity contribution in [1.29, 1.82) is 0 Å². The molecule has 80 valence electrons. The number of ether oxygens (including phenoxy) is 1. The molecular weight excluding hydrogens is 214 g/mol. The van der Waals surface area contributed by atoms with Gasteiger partial charge in [0.25, 0.3) is 0 Å². The van der Waals surface area contributed by atoms with Gasteiger partial charge in [-0.15, -0.1) is 0 Å². The lowest BCUT2D eigenvalue weighted by Gasteiger charge is -2.03.